The van der Waals surface area contributed by atoms with Crippen LogP contribution in [0.4, 0.5) is 34.1 Å². The van der Waals surface area contributed by atoms with Crippen molar-refractivity contribution in [3.63, 3.8) is 0 Å². The van der Waals surface area contributed by atoms with E-state index in [0.29, 0.717) is 0 Å². The Labute approximate surface area is 352 Å². The topological polar surface area (TPSA) is 6.48 Å². The summed E-state index contributed by atoms with van der Waals surface area (Å²) >= 11 is 0. The van der Waals surface area contributed by atoms with Crippen LogP contribution >= 0.6 is 0 Å². The van der Waals surface area contributed by atoms with Gasteiger partial charge in [-0.15, -0.1) is 0 Å². The average Bonchev–Trinajstić information content (AvgIpc) is 3.55. The molecule has 7 aromatic rings. The van der Waals surface area contributed by atoms with Gasteiger partial charge in [0, 0.05) is 51.4 Å². The highest BCUT2D eigenvalue weighted by Gasteiger charge is 2.43. The average molecular weight is 769 g/mol. The molecule has 7 aromatic carbocycles. The molecule has 10 rings (SSSR count). The summed E-state index contributed by atoms with van der Waals surface area (Å²) in [5.74, 6) is 0. The van der Waals surface area contributed by atoms with E-state index >= 15 is 0 Å². The highest BCUT2D eigenvalue weighted by atomic mass is 15.2. The van der Waals surface area contributed by atoms with Gasteiger partial charge in [-0.1, -0.05) is 76.2 Å². The van der Waals surface area contributed by atoms with Crippen LogP contribution in [0.3, 0.4) is 0 Å². The Morgan fingerprint density at radius 3 is 1.37 bits per heavy atom. The Balaban J connectivity index is 1.13. The lowest BCUT2D eigenvalue weighted by atomic mass is 9.79. The third-order valence-electron chi connectivity index (χ3n) is 14.1. The van der Waals surface area contributed by atoms with Crippen molar-refractivity contribution in [1.82, 2.24) is 0 Å². The monoisotopic (exact) mass is 768 g/mol. The Bertz CT molecular complexity index is 2850. The fourth-order valence-corrected chi connectivity index (χ4v) is 10.8. The lowest BCUT2D eigenvalue weighted by Crippen LogP contribution is -2.21. The number of hydrogen-bond donors (Lipinski definition) is 0. The molecule has 1 heterocycles. The van der Waals surface area contributed by atoms with Gasteiger partial charge >= 0.3 is 0 Å². The van der Waals surface area contributed by atoms with Gasteiger partial charge < -0.3 is 9.80 Å². The van der Waals surface area contributed by atoms with Crippen LogP contribution in [0.5, 0.6) is 0 Å². The SMILES string of the molecule is Cc1ccc(C)c(N(c2cc(C)c3c(c2)C(C)(C)c2cc4c(cc2-3)C(C)(C)c2cc(N3c5cc(C)ccc5Cc5ccc(C)cc53)cc(C)c2-4)c2cc(C)ccc2C)c1. The predicted octanol–water partition coefficient (Wildman–Crippen LogP) is 15.6. The predicted molar refractivity (Wildman–Crippen MR) is 252 cm³/mol. The van der Waals surface area contributed by atoms with Crippen molar-refractivity contribution in [3.05, 3.63) is 187 Å². The van der Waals surface area contributed by atoms with E-state index in [4.69, 9.17) is 0 Å². The summed E-state index contributed by atoms with van der Waals surface area (Å²) in [6, 6.07) is 42.7. The molecule has 2 nitrogen and oxygen atoms in total. The van der Waals surface area contributed by atoms with E-state index in [1.165, 1.54) is 134 Å². The van der Waals surface area contributed by atoms with Gasteiger partial charge in [-0.2, -0.15) is 0 Å². The van der Waals surface area contributed by atoms with Crippen molar-refractivity contribution in [2.24, 2.45) is 0 Å². The molecule has 0 amide bonds. The van der Waals surface area contributed by atoms with E-state index in [2.05, 4.69) is 202 Å². The third-order valence-corrected chi connectivity index (χ3v) is 14.1. The van der Waals surface area contributed by atoms with E-state index in [1.807, 2.05) is 0 Å². The summed E-state index contributed by atoms with van der Waals surface area (Å²) in [6.45, 7) is 27.8. The molecule has 3 aliphatic rings. The minimum Gasteiger partial charge on any atom is -0.310 e. The maximum atomic E-state index is 2.58. The molecule has 0 N–H and O–H groups in total. The van der Waals surface area contributed by atoms with Crippen LogP contribution in [0.2, 0.25) is 0 Å². The van der Waals surface area contributed by atoms with E-state index in [0.717, 1.165) is 6.42 Å². The second-order valence-corrected chi connectivity index (χ2v) is 19.3. The van der Waals surface area contributed by atoms with Crippen molar-refractivity contribution in [2.75, 3.05) is 9.80 Å². The minimum atomic E-state index is -0.187. The first-order valence-electron chi connectivity index (χ1n) is 21.5. The molecular weight excluding hydrogens is 713 g/mol. The molecule has 2 aliphatic carbocycles. The molecule has 0 atom stereocenters. The summed E-state index contributed by atoms with van der Waals surface area (Å²) < 4.78 is 0. The van der Waals surface area contributed by atoms with E-state index in [9.17, 15) is 0 Å². The Morgan fingerprint density at radius 2 is 0.864 bits per heavy atom. The van der Waals surface area contributed by atoms with E-state index in [-0.39, 0.29) is 10.8 Å². The molecule has 0 spiro atoms. The zero-order valence-corrected chi connectivity index (χ0v) is 37.0. The van der Waals surface area contributed by atoms with Crippen LogP contribution < -0.4 is 9.80 Å². The van der Waals surface area contributed by atoms with Crippen molar-refractivity contribution >= 4 is 34.1 Å². The minimum absolute atomic E-state index is 0.177. The highest BCUT2D eigenvalue weighted by Crippen LogP contribution is 2.59. The van der Waals surface area contributed by atoms with Crippen molar-refractivity contribution < 1.29 is 0 Å². The van der Waals surface area contributed by atoms with Crippen molar-refractivity contribution in [3.8, 4) is 22.3 Å². The van der Waals surface area contributed by atoms with Crippen molar-refractivity contribution in [2.45, 2.75) is 100 Å². The fourth-order valence-electron chi connectivity index (χ4n) is 10.8. The normalized spacial score (nSPS) is 14.9. The molecule has 2 heteroatoms. The van der Waals surface area contributed by atoms with Gasteiger partial charge in [-0.05, 0) is 216 Å². The maximum absolute atomic E-state index is 2.58. The molecule has 294 valence electrons. The summed E-state index contributed by atoms with van der Waals surface area (Å²) in [7, 11) is 0. The number of rotatable bonds is 4. The second-order valence-electron chi connectivity index (χ2n) is 19.3. The molecule has 0 fully saturated rings. The zero-order valence-electron chi connectivity index (χ0n) is 37.0. The van der Waals surface area contributed by atoms with Crippen LogP contribution in [0.25, 0.3) is 22.3 Å². The number of fused-ring (bicyclic) bond motifs is 8. The van der Waals surface area contributed by atoms with Crippen LogP contribution in [0.15, 0.2) is 109 Å². The molecule has 0 saturated carbocycles. The van der Waals surface area contributed by atoms with Gasteiger partial charge in [-0.25, -0.2) is 0 Å². The molecule has 59 heavy (non-hydrogen) atoms. The summed E-state index contributed by atoms with van der Waals surface area (Å²) in [6.07, 6.45) is 0.960. The highest BCUT2D eigenvalue weighted by molar-refractivity contribution is 5.95. The van der Waals surface area contributed by atoms with Crippen LogP contribution in [0, 0.1) is 55.4 Å². The van der Waals surface area contributed by atoms with Crippen LogP contribution in [-0.2, 0) is 17.3 Å². The Morgan fingerprint density at radius 1 is 0.424 bits per heavy atom. The molecule has 0 unspecified atom stereocenters. The maximum Gasteiger partial charge on any atom is 0.0499 e. The smallest absolute Gasteiger partial charge is 0.0499 e. The van der Waals surface area contributed by atoms with Gasteiger partial charge in [0.25, 0.3) is 0 Å². The van der Waals surface area contributed by atoms with Crippen molar-refractivity contribution in [1.29, 1.82) is 0 Å². The summed E-state index contributed by atoms with van der Waals surface area (Å²) in [5, 5.41) is 0. The van der Waals surface area contributed by atoms with Gasteiger partial charge in [-0.3, -0.25) is 0 Å². The molecular formula is C57H56N2. The Hall–Kier alpha value is -5.86. The van der Waals surface area contributed by atoms with Crippen LogP contribution in [-0.4, -0.2) is 0 Å². The first-order valence-corrected chi connectivity index (χ1v) is 21.5. The van der Waals surface area contributed by atoms with E-state index in [1.54, 1.807) is 0 Å². The van der Waals surface area contributed by atoms with Gasteiger partial charge in [0.05, 0.1) is 0 Å². The standard InChI is InChI=1S/C57H56N2/c1-32-13-17-36(5)50(21-32)58(51-22-33(2)14-18-37(51)6)42-25-38(7)54-44-30-47-45(31-46(44)56(9,10)48(54)28-42)55-39(8)26-43(29-49(55)57(47,11)12)59-52-23-34(3)15-19-40(52)27-41-20-16-35(4)24-53(41)59/h13-26,28-31H,27H2,1-12H3. The molecule has 0 saturated heterocycles. The van der Waals surface area contributed by atoms with Gasteiger partial charge in [0.2, 0.25) is 0 Å². The zero-order chi connectivity index (χ0) is 41.4. The Kier molecular flexibility index (Phi) is 8.13. The lowest BCUT2D eigenvalue weighted by Gasteiger charge is -2.35. The van der Waals surface area contributed by atoms with Gasteiger partial charge in [0.1, 0.15) is 0 Å². The molecule has 0 aromatic heterocycles. The molecule has 0 radical (unpaired) electrons. The summed E-state index contributed by atoms with van der Waals surface area (Å²) in [5.41, 5.74) is 31.5. The number of aryl methyl sites for hydroxylation is 8. The molecule has 1 aliphatic heterocycles. The molecule has 0 bridgehead atoms. The lowest BCUT2D eigenvalue weighted by molar-refractivity contribution is 0.652. The number of nitrogens with zero attached hydrogens (tertiary/aromatic N) is 2. The van der Waals surface area contributed by atoms with Crippen LogP contribution in [0.1, 0.15) is 106 Å². The second kappa shape index (κ2) is 12.8. The number of benzene rings is 7. The first kappa shape index (κ1) is 37.4. The first-order chi connectivity index (χ1) is 28.0. The van der Waals surface area contributed by atoms with Gasteiger partial charge in [0.15, 0.2) is 0 Å². The number of anilines is 6. The largest absolute Gasteiger partial charge is 0.310 e. The van der Waals surface area contributed by atoms with E-state index < -0.39 is 0 Å². The fraction of sp³-hybridized carbons (Fsp3) is 0.263. The quantitative estimate of drug-likeness (QED) is 0.176. The summed E-state index contributed by atoms with van der Waals surface area (Å²) in [4.78, 5) is 5.06. The third kappa shape index (κ3) is 5.52. The number of hydrogen-bond acceptors (Lipinski definition) is 2.